The van der Waals surface area contributed by atoms with E-state index in [0.717, 1.165) is 17.8 Å². The van der Waals surface area contributed by atoms with Crippen LogP contribution in [0.25, 0.3) is 11.5 Å². The Morgan fingerprint density at radius 3 is 3.17 bits per heavy atom. The summed E-state index contributed by atoms with van der Waals surface area (Å²) in [6.45, 7) is 0.437. The molecule has 0 aliphatic heterocycles. The first-order chi connectivity index (χ1) is 11.7. The molecule has 0 unspecified atom stereocenters. The second kappa shape index (κ2) is 6.12. The highest BCUT2D eigenvalue weighted by atomic mass is 32.1. The van der Waals surface area contributed by atoms with E-state index < -0.39 is 0 Å². The van der Waals surface area contributed by atoms with Crippen molar-refractivity contribution in [3.8, 4) is 11.5 Å². The van der Waals surface area contributed by atoms with Crippen LogP contribution in [0.2, 0.25) is 0 Å². The summed E-state index contributed by atoms with van der Waals surface area (Å²) < 4.78 is 6.92. The maximum Gasteiger partial charge on any atom is 0.320 e. The predicted octanol–water partition coefficient (Wildman–Crippen LogP) is 2.95. The molecule has 1 aliphatic rings. The average molecular weight is 343 g/mol. The highest BCUT2D eigenvalue weighted by Crippen LogP contribution is 2.27. The number of hydrogen-bond acceptors (Lipinski definition) is 5. The van der Waals surface area contributed by atoms with E-state index in [2.05, 4.69) is 20.7 Å². The fourth-order valence-corrected chi connectivity index (χ4v) is 3.86. The quantitative estimate of drug-likeness (QED) is 0.763. The van der Waals surface area contributed by atoms with Gasteiger partial charge in [-0.25, -0.2) is 9.78 Å². The number of furan rings is 1. The predicted molar refractivity (Wildman–Crippen MR) is 90.9 cm³/mol. The van der Waals surface area contributed by atoms with Crippen molar-refractivity contribution in [1.82, 2.24) is 20.1 Å². The summed E-state index contributed by atoms with van der Waals surface area (Å²) in [5.74, 6) is 1.26. The van der Waals surface area contributed by atoms with Gasteiger partial charge in [-0.1, -0.05) is 0 Å². The molecule has 0 saturated heterocycles. The zero-order chi connectivity index (χ0) is 16.5. The minimum Gasteiger partial charge on any atom is -0.463 e. The lowest BCUT2D eigenvalue weighted by Gasteiger charge is -2.06. The van der Waals surface area contributed by atoms with E-state index >= 15 is 0 Å². The molecular weight excluding hydrogens is 326 g/mol. The van der Waals surface area contributed by atoms with Crippen LogP contribution in [-0.4, -0.2) is 20.8 Å². The summed E-state index contributed by atoms with van der Waals surface area (Å²) in [7, 11) is 1.77. The molecule has 0 saturated carbocycles. The number of aryl methyl sites for hydroxylation is 3. The summed E-state index contributed by atoms with van der Waals surface area (Å²) in [6.07, 6.45) is 4.96. The van der Waals surface area contributed by atoms with Crippen LogP contribution in [0.5, 0.6) is 0 Å². The first kappa shape index (κ1) is 14.9. The normalized spacial score (nSPS) is 13.0. The number of aromatic nitrogens is 3. The molecule has 0 fully saturated rings. The number of anilines is 1. The van der Waals surface area contributed by atoms with E-state index in [-0.39, 0.29) is 6.03 Å². The van der Waals surface area contributed by atoms with E-state index in [9.17, 15) is 4.79 Å². The molecule has 3 aromatic rings. The number of carbonyl (C=O) groups excluding carboxylic acids is 1. The molecule has 3 aromatic heterocycles. The van der Waals surface area contributed by atoms with E-state index in [4.69, 9.17) is 4.42 Å². The van der Waals surface area contributed by atoms with Crippen LogP contribution >= 0.6 is 11.3 Å². The number of nitrogens with one attached hydrogen (secondary N) is 2. The molecule has 3 heterocycles. The zero-order valence-corrected chi connectivity index (χ0v) is 14.0. The van der Waals surface area contributed by atoms with E-state index in [1.165, 1.54) is 17.0 Å². The van der Waals surface area contributed by atoms with Gasteiger partial charge in [-0.2, -0.15) is 5.10 Å². The zero-order valence-electron chi connectivity index (χ0n) is 13.2. The molecule has 124 valence electrons. The van der Waals surface area contributed by atoms with Gasteiger partial charge in [0.2, 0.25) is 0 Å². The number of nitrogens with zero attached hydrogens (tertiary/aromatic N) is 3. The minimum atomic E-state index is -0.278. The molecule has 2 N–H and O–H groups in total. The third-order valence-corrected chi connectivity index (χ3v) is 5.09. The highest BCUT2D eigenvalue weighted by Gasteiger charge is 2.17. The Hall–Kier alpha value is -2.61. The van der Waals surface area contributed by atoms with Gasteiger partial charge in [0.05, 0.1) is 18.5 Å². The molecule has 4 rings (SSSR count). The maximum absolute atomic E-state index is 12.1. The van der Waals surface area contributed by atoms with Crippen LogP contribution in [-0.2, 0) is 26.4 Å². The Labute approximate surface area is 142 Å². The smallest absolute Gasteiger partial charge is 0.320 e. The Morgan fingerprint density at radius 2 is 2.38 bits per heavy atom. The van der Waals surface area contributed by atoms with Crippen LogP contribution in [0.1, 0.15) is 22.0 Å². The van der Waals surface area contributed by atoms with E-state index in [1.54, 1.807) is 41.5 Å². The molecule has 0 atom stereocenters. The summed E-state index contributed by atoms with van der Waals surface area (Å²) >= 11 is 1.69. The minimum absolute atomic E-state index is 0.278. The Morgan fingerprint density at radius 1 is 1.46 bits per heavy atom. The van der Waals surface area contributed by atoms with Crippen molar-refractivity contribution >= 4 is 23.2 Å². The highest BCUT2D eigenvalue weighted by molar-refractivity contribution is 7.11. The number of carbonyl (C=O) groups is 1. The van der Waals surface area contributed by atoms with Crippen LogP contribution in [0.3, 0.4) is 0 Å². The van der Waals surface area contributed by atoms with E-state index in [1.807, 2.05) is 6.07 Å². The molecule has 0 spiro atoms. The molecule has 7 nitrogen and oxygen atoms in total. The van der Waals surface area contributed by atoms with Crippen LogP contribution < -0.4 is 10.6 Å². The molecule has 1 aliphatic carbocycles. The Balaban J connectivity index is 1.37. The SMILES string of the molecule is Cn1nc(-c2ccco2)cc1NC(=O)NCc1nc2c(s1)CCC2. The molecule has 8 heteroatoms. The first-order valence-electron chi connectivity index (χ1n) is 7.79. The number of fused-ring (bicyclic) bond motifs is 1. The number of thiazole rings is 1. The summed E-state index contributed by atoms with van der Waals surface area (Å²) in [4.78, 5) is 18.0. The monoisotopic (exact) mass is 343 g/mol. The maximum atomic E-state index is 12.1. The van der Waals surface area contributed by atoms with Gasteiger partial charge >= 0.3 is 6.03 Å². The van der Waals surface area contributed by atoms with Gasteiger partial charge in [-0.3, -0.25) is 10.00 Å². The van der Waals surface area contributed by atoms with Gasteiger partial charge < -0.3 is 9.73 Å². The molecule has 24 heavy (non-hydrogen) atoms. The standard InChI is InChI=1S/C16H17N5O2S/c1-21-14(8-11(20-21)12-5-3-7-23-12)19-16(22)17-9-15-18-10-4-2-6-13(10)24-15/h3,5,7-8H,2,4,6,9H2,1H3,(H2,17,19,22). The van der Waals surface area contributed by atoms with Gasteiger partial charge in [0.15, 0.2) is 5.76 Å². The third-order valence-electron chi connectivity index (χ3n) is 3.94. The Bertz CT molecular complexity index is 844. The molecule has 0 radical (unpaired) electrons. The lowest BCUT2D eigenvalue weighted by Crippen LogP contribution is -2.29. The summed E-state index contributed by atoms with van der Waals surface area (Å²) in [5, 5.41) is 10.9. The van der Waals surface area contributed by atoms with Crippen molar-refractivity contribution in [2.45, 2.75) is 25.8 Å². The van der Waals surface area contributed by atoms with Crippen molar-refractivity contribution in [2.24, 2.45) is 7.05 Å². The Kier molecular flexibility index (Phi) is 3.81. The van der Waals surface area contributed by atoms with Crippen molar-refractivity contribution in [3.63, 3.8) is 0 Å². The molecule has 2 amide bonds. The second-order valence-corrected chi connectivity index (χ2v) is 6.82. The van der Waals surface area contributed by atoms with Crippen LogP contribution in [0, 0.1) is 0 Å². The fourth-order valence-electron chi connectivity index (χ4n) is 2.76. The summed E-state index contributed by atoms with van der Waals surface area (Å²) in [6, 6.07) is 5.12. The second-order valence-electron chi connectivity index (χ2n) is 5.65. The average Bonchev–Trinajstić information content (AvgIpc) is 3.29. The van der Waals surface area contributed by atoms with Crippen molar-refractivity contribution in [3.05, 3.63) is 40.0 Å². The summed E-state index contributed by atoms with van der Waals surface area (Å²) in [5.41, 5.74) is 1.88. The molecular formula is C16H17N5O2S. The third kappa shape index (κ3) is 2.92. The topological polar surface area (TPSA) is 85.0 Å². The fraction of sp³-hybridized carbons (Fsp3) is 0.312. The molecule has 0 bridgehead atoms. The van der Waals surface area contributed by atoms with Crippen molar-refractivity contribution < 1.29 is 9.21 Å². The number of amides is 2. The van der Waals surface area contributed by atoms with Gasteiger partial charge in [0.25, 0.3) is 0 Å². The van der Waals surface area contributed by atoms with Gasteiger partial charge in [-0.15, -0.1) is 11.3 Å². The first-order valence-corrected chi connectivity index (χ1v) is 8.61. The van der Waals surface area contributed by atoms with E-state index in [0.29, 0.717) is 23.8 Å². The van der Waals surface area contributed by atoms with Crippen molar-refractivity contribution in [2.75, 3.05) is 5.32 Å². The van der Waals surface area contributed by atoms with Gasteiger partial charge in [0.1, 0.15) is 16.5 Å². The van der Waals surface area contributed by atoms with Crippen LogP contribution in [0.4, 0.5) is 10.6 Å². The van der Waals surface area contributed by atoms with Gasteiger partial charge in [0, 0.05) is 18.0 Å². The lowest BCUT2D eigenvalue weighted by atomic mass is 10.3. The van der Waals surface area contributed by atoms with Gasteiger partial charge in [-0.05, 0) is 31.4 Å². The number of hydrogen-bond donors (Lipinski definition) is 2. The van der Waals surface area contributed by atoms with Crippen molar-refractivity contribution in [1.29, 1.82) is 0 Å². The van der Waals surface area contributed by atoms with Crippen LogP contribution in [0.15, 0.2) is 28.9 Å². The number of rotatable bonds is 4. The number of urea groups is 1. The lowest BCUT2D eigenvalue weighted by molar-refractivity contribution is 0.251. The largest absolute Gasteiger partial charge is 0.463 e. The molecule has 0 aromatic carbocycles.